The van der Waals surface area contributed by atoms with Gasteiger partial charge in [0.15, 0.2) is 0 Å². The van der Waals surface area contributed by atoms with Gasteiger partial charge in [0, 0.05) is 46.7 Å². The van der Waals surface area contributed by atoms with E-state index in [1.165, 1.54) is 17.8 Å². The molecule has 1 fully saturated rings. The van der Waals surface area contributed by atoms with Crippen molar-refractivity contribution in [1.29, 1.82) is 0 Å². The van der Waals surface area contributed by atoms with Crippen LogP contribution in [0.3, 0.4) is 0 Å². The zero-order valence-corrected chi connectivity index (χ0v) is 11.4. The van der Waals surface area contributed by atoms with Gasteiger partial charge in [0.1, 0.15) is 0 Å². The lowest BCUT2D eigenvalue weighted by atomic mass is 10.4. The van der Waals surface area contributed by atoms with Crippen LogP contribution in [0.4, 0.5) is 0 Å². The van der Waals surface area contributed by atoms with Gasteiger partial charge in [0.25, 0.3) is 0 Å². The highest BCUT2D eigenvalue weighted by Crippen LogP contribution is 2.41. The Labute approximate surface area is 103 Å². The molecule has 0 bridgehead atoms. The summed E-state index contributed by atoms with van der Waals surface area (Å²) < 4.78 is 11.1. The van der Waals surface area contributed by atoms with Gasteiger partial charge in [-0.15, -0.1) is 11.3 Å². The highest BCUT2D eigenvalue weighted by atomic mass is 32.2. The van der Waals surface area contributed by atoms with E-state index in [2.05, 4.69) is 15.7 Å². The summed E-state index contributed by atoms with van der Waals surface area (Å²) in [7, 11) is -0.741. The summed E-state index contributed by atoms with van der Waals surface area (Å²) in [6.07, 6.45) is 4.37. The average molecular weight is 258 g/mol. The van der Waals surface area contributed by atoms with Gasteiger partial charge in [0.2, 0.25) is 0 Å². The van der Waals surface area contributed by atoms with E-state index in [1.54, 1.807) is 17.6 Å². The molecule has 1 N–H and O–H groups in total. The summed E-state index contributed by atoms with van der Waals surface area (Å²) in [5.41, 5.74) is 1.13. The molecule has 0 radical (unpaired) electrons. The summed E-state index contributed by atoms with van der Waals surface area (Å²) in [6, 6.07) is 0. The molecule has 1 aromatic heterocycles. The van der Waals surface area contributed by atoms with Crippen LogP contribution in [0.15, 0.2) is 5.38 Å². The molecule has 0 spiro atoms. The molecule has 1 aliphatic rings. The smallest absolute Gasteiger partial charge is 0.0959 e. The van der Waals surface area contributed by atoms with Crippen LogP contribution in [0.25, 0.3) is 0 Å². The third kappa shape index (κ3) is 3.37. The SMILES string of the molecule is CC(CNCc1csc(C2CC2)n1)S(C)=O. The third-order valence-corrected chi connectivity index (χ3v) is 5.16. The Morgan fingerprint density at radius 2 is 2.44 bits per heavy atom. The van der Waals surface area contributed by atoms with Gasteiger partial charge in [-0.2, -0.15) is 0 Å². The molecular weight excluding hydrogens is 240 g/mol. The minimum atomic E-state index is -0.741. The van der Waals surface area contributed by atoms with Gasteiger partial charge in [-0.1, -0.05) is 0 Å². The normalized spacial score (nSPS) is 19.6. The van der Waals surface area contributed by atoms with E-state index in [4.69, 9.17) is 0 Å². The number of nitrogens with one attached hydrogen (secondary N) is 1. The first-order chi connectivity index (χ1) is 7.66. The highest BCUT2D eigenvalue weighted by molar-refractivity contribution is 7.84. The van der Waals surface area contributed by atoms with Crippen LogP contribution in [0, 0.1) is 0 Å². The van der Waals surface area contributed by atoms with Crippen LogP contribution < -0.4 is 5.32 Å². The molecule has 5 heteroatoms. The van der Waals surface area contributed by atoms with Crippen LogP contribution >= 0.6 is 11.3 Å². The van der Waals surface area contributed by atoms with Crippen molar-refractivity contribution in [2.45, 2.75) is 37.5 Å². The fourth-order valence-corrected chi connectivity index (χ4v) is 2.79. The fraction of sp³-hybridized carbons (Fsp3) is 0.727. The maximum Gasteiger partial charge on any atom is 0.0959 e. The van der Waals surface area contributed by atoms with Crippen molar-refractivity contribution in [3.05, 3.63) is 16.1 Å². The third-order valence-electron chi connectivity index (χ3n) is 2.80. The Hall–Kier alpha value is -0.260. The minimum Gasteiger partial charge on any atom is -0.310 e. The molecule has 2 atom stereocenters. The second-order valence-electron chi connectivity index (χ2n) is 4.39. The van der Waals surface area contributed by atoms with Crippen molar-refractivity contribution in [1.82, 2.24) is 10.3 Å². The number of aromatic nitrogens is 1. The highest BCUT2D eigenvalue weighted by Gasteiger charge is 2.26. The van der Waals surface area contributed by atoms with Crippen molar-refractivity contribution in [3.8, 4) is 0 Å². The first-order valence-corrected chi connectivity index (χ1v) is 8.14. The maximum absolute atomic E-state index is 11.1. The second-order valence-corrected chi connectivity index (χ2v) is 7.08. The van der Waals surface area contributed by atoms with Crippen LogP contribution in [-0.4, -0.2) is 27.2 Å². The van der Waals surface area contributed by atoms with Gasteiger partial charge in [-0.05, 0) is 19.8 Å². The predicted molar refractivity (Wildman–Crippen MR) is 69.3 cm³/mol. The van der Waals surface area contributed by atoms with Gasteiger partial charge in [-0.3, -0.25) is 4.21 Å². The molecule has 90 valence electrons. The zero-order valence-electron chi connectivity index (χ0n) is 9.73. The monoisotopic (exact) mass is 258 g/mol. The molecule has 1 aliphatic carbocycles. The van der Waals surface area contributed by atoms with Gasteiger partial charge in [0.05, 0.1) is 10.7 Å². The molecule has 0 aromatic carbocycles. The molecule has 0 aliphatic heterocycles. The Bertz CT molecular complexity index is 374. The second kappa shape index (κ2) is 5.38. The largest absolute Gasteiger partial charge is 0.310 e. The molecule has 0 amide bonds. The number of nitrogens with zero attached hydrogens (tertiary/aromatic N) is 1. The summed E-state index contributed by atoms with van der Waals surface area (Å²) in [4.78, 5) is 4.59. The molecule has 1 heterocycles. The van der Waals surface area contributed by atoms with Crippen molar-refractivity contribution < 1.29 is 4.21 Å². The van der Waals surface area contributed by atoms with Gasteiger partial charge in [-0.25, -0.2) is 4.98 Å². The number of thiazole rings is 1. The Morgan fingerprint density at radius 3 is 3.06 bits per heavy atom. The Balaban J connectivity index is 1.74. The molecule has 1 saturated carbocycles. The van der Waals surface area contributed by atoms with Crippen molar-refractivity contribution in [3.63, 3.8) is 0 Å². The lowest BCUT2D eigenvalue weighted by Crippen LogP contribution is -2.27. The predicted octanol–water partition coefficient (Wildman–Crippen LogP) is 1.88. The van der Waals surface area contributed by atoms with E-state index in [0.29, 0.717) is 0 Å². The van der Waals surface area contributed by atoms with E-state index in [9.17, 15) is 4.21 Å². The van der Waals surface area contributed by atoms with Gasteiger partial charge < -0.3 is 5.32 Å². The van der Waals surface area contributed by atoms with Crippen LogP contribution in [-0.2, 0) is 17.3 Å². The summed E-state index contributed by atoms with van der Waals surface area (Å²) in [5, 5.41) is 6.94. The molecule has 0 saturated heterocycles. The van der Waals surface area contributed by atoms with Crippen molar-refractivity contribution in [2.75, 3.05) is 12.8 Å². The van der Waals surface area contributed by atoms with Crippen molar-refractivity contribution >= 4 is 22.1 Å². The van der Waals surface area contributed by atoms with Crippen LogP contribution in [0.2, 0.25) is 0 Å². The summed E-state index contributed by atoms with van der Waals surface area (Å²) in [5.74, 6) is 0.751. The Kier molecular flexibility index (Phi) is 4.10. The Morgan fingerprint density at radius 1 is 1.69 bits per heavy atom. The summed E-state index contributed by atoms with van der Waals surface area (Å²) >= 11 is 1.77. The standard InChI is InChI=1S/C11H18N2OS2/c1-8(16(2)14)5-12-6-10-7-15-11(13-10)9-3-4-9/h7-9,12H,3-6H2,1-2H3. The average Bonchev–Trinajstić information content (AvgIpc) is 2.99. The fourth-order valence-electron chi connectivity index (χ4n) is 1.44. The van der Waals surface area contributed by atoms with Gasteiger partial charge >= 0.3 is 0 Å². The molecule has 16 heavy (non-hydrogen) atoms. The van der Waals surface area contributed by atoms with E-state index in [-0.39, 0.29) is 5.25 Å². The summed E-state index contributed by atoms with van der Waals surface area (Å²) in [6.45, 7) is 3.59. The lowest BCUT2D eigenvalue weighted by Gasteiger charge is -2.08. The van der Waals surface area contributed by atoms with E-state index in [1.807, 2.05) is 6.92 Å². The maximum atomic E-state index is 11.1. The molecule has 2 rings (SSSR count). The quantitative estimate of drug-likeness (QED) is 0.847. The lowest BCUT2D eigenvalue weighted by molar-refractivity contribution is 0.642. The number of hydrogen-bond acceptors (Lipinski definition) is 4. The molecule has 1 aromatic rings. The first-order valence-electron chi connectivity index (χ1n) is 5.64. The van der Waals surface area contributed by atoms with E-state index < -0.39 is 10.8 Å². The molecule has 3 nitrogen and oxygen atoms in total. The number of rotatable bonds is 6. The van der Waals surface area contributed by atoms with Crippen molar-refractivity contribution in [2.24, 2.45) is 0 Å². The van der Waals surface area contributed by atoms with Crippen LogP contribution in [0.1, 0.15) is 36.4 Å². The molecular formula is C11H18N2OS2. The number of hydrogen-bond donors (Lipinski definition) is 1. The van der Waals surface area contributed by atoms with E-state index in [0.717, 1.165) is 24.7 Å². The van der Waals surface area contributed by atoms with Crippen LogP contribution in [0.5, 0.6) is 0 Å². The first kappa shape index (κ1) is 12.2. The topological polar surface area (TPSA) is 42.0 Å². The van der Waals surface area contributed by atoms with E-state index >= 15 is 0 Å². The molecule has 2 unspecified atom stereocenters. The zero-order chi connectivity index (χ0) is 11.5. The minimum absolute atomic E-state index is 0.210.